The van der Waals surface area contributed by atoms with Crippen LogP contribution in [0.3, 0.4) is 0 Å². The molecule has 2 aliphatic rings. The van der Waals surface area contributed by atoms with Crippen LogP contribution in [0.5, 0.6) is 0 Å². The average Bonchev–Trinajstić information content (AvgIpc) is 2.91. The highest BCUT2D eigenvalue weighted by molar-refractivity contribution is 5.74. The quantitative estimate of drug-likeness (QED) is 0.765. The molecule has 4 heteroatoms. The largest absolute Gasteiger partial charge is 0.336 e. The lowest BCUT2D eigenvalue weighted by molar-refractivity contribution is 0.187. The van der Waals surface area contributed by atoms with E-state index in [0.717, 1.165) is 25.6 Å². The molecule has 1 unspecified atom stereocenters. The Morgan fingerprint density at radius 1 is 1.35 bits per heavy atom. The molecule has 0 bridgehead atoms. The number of carbonyl (C=O) groups excluding carboxylic acids is 1. The molecule has 2 amide bonds. The lowest BCUT2D eigenvalue weighted by atomic mass is 10.2. The number of nitrogens with one attached hydrogen (secondary N) is 2. The number of hydrogen-bond donors (Lipinski definition) is 2. The van der Waals surface area contributed by atoms with Gasteiger partial charge in [-0.15, -0.1) is 0 Å². The molecule has 0 radical (unpaired) electrons. The zero-order chi connectivity index (χ0) is 12.3. The monoisotopic (exact) mass is 239 g/mol. The fourth-order valence-electron chi connectivity index (χ4n) is 2.37. The molecule has 2 N–H and O–H groups in total. The second-order valence-corrected chi connectivity index (χ2v) is 5.75. The third-order valence-corrected chi connectivity index (χ3v) is 3.48. The summed E-state index contributed by atoms with van der Waals surface area (Å²) < 4.78 is 0. The van der Waals surface area contributed by atoms with Crippen molar-refractivity contribution in [1.29, 1.82) is 0 Å². The minimum atomic E-state index is 0.112. The lowest BCUT2D eigenvalue weighted by Gasteiger charge is -2.27. The molecule has 2 rings (SSSR count). The van der Waals surface area contributed by atoms with Crippen molar-refractivity contribution in [3.63, 3.8) is 0 Å². The van der Waals surface area contributed by atoms with Gasteiger partial charge in [0, 0.05) is 25.2 Å². The van der Waals surface area contributed by atoms with Crippen molar-refractivity contribution in [2.45, 2.75) is 51.6 Å². The maximum atomic E-state index is 12.1. The molecule has 98 valence electrons. The van der Waals surface area contributed by atoms with Gasteiger partial charge in [-0.25, -0.2) is 4.79 Å². The number of carbonyl (C=O) groups is 1. The third kappa shape index (κ3) is 4.19. The smallest absolute Gasteiger partial charge is 0.317 e. The first-order valence-electron chi connectivity index (χ1n) is 6.94. The number of rotatable bonds is 5. The number of urea groups is 1. The molecule has 1 aliphatic carbocycles. The van der Waals surface area contributed by atoms with E-state index in [1.807, 2.05) is 18.7 Å². The molecule has 2 fully saturated rings. The molecule has 4 nitrogen and oxygen atoms in total. The highest BCUT2D eigenvalue weighted by Crippen LogP contribution is 2.30. The van der Waals surface area contributed by atoms with E-state index in [4.69, 9.17) is 0 Å². The first-order chi connectivity index (χ1) is 8.15. The van der Waals surface area contributed by atoms with Gasteiger partial charge in [0.25, 0.3) is 0 Å². The summed E-state index contributed by atoms with van der Waals surface area (Å²) in [4.78, 5) is 14.1. The highest BCUT2D eigenvalue weighted by atomic mass is 16.2. The van der Waals surface area contributed by atoms with E-state index in [2.05, 4.69) is 10.6 Å². The van der Waals surface area contributed by atoms with Gasteiger partial charge < -0.3 is 15.5 Å². The third-order valence-electron chi connectivity index (χ3n) is 3.48. The normalized spacial score (nSPS) is 24.1. The molecule has 1 saturated heterocycles. The molecule has 1 heterocycles. The van der Waals surface area contributed by atoms with Crippen molar-refractivity contribution in [2.75, 3.05) is 19.6 Å². The fraction of sp³-hybridized carbons (Fsp3) is 0.923. The summed E-state index contributed by atoms with van der Waals surface area (Å²) in [5.74, 6) is 0.759. The van der Waals surface area contributed by atoms with Gasteiger partial charge in [0.1, 0.15) is 0 Å². The summed E-state index contributed by atoms with van der Waals surface area (Å²) in [5, 5.41) is 6.48. The SMILES string of the molecule is CC(C)NC(=O)N(CC1CC1)CC1CCCN1. The van der Waals surface area contributed by atoms with Crippen molar-refractivity contribution in [2.24, 2.45) is 5.92 Å². The molecule has 17 heavy (non-hydrogen) atoms. The van der Waals surface area contributed by atoms with Crippen LogP contribution in [-0.4, -0.2) is 42.6 Å². The Labute approximate surface area is 104 Å². The van der Waals surface area contributed by atoms with Crippen LogP contribution < -0.4 is 10.6 Å². The Morgan fingerprint density at radius 2 is 2.12 bits per heavy atom. The summed E-state index contributed by atoms with van der Waals surface area (Å²) >= 11 is 0. The van der Waals surface area contributed by atoms with Crippen molar-refractivity contribution < 1.29 is 4.79 Å². The van der Waals surface area contributed by atoms with Crippen LogP contribution in [0, 0.1) is 5.92 Å². The molecular formula is C13H25N3O. The number of amides is 2. The minimum Gasteiger partial charge on any atom is -0.336 e. The fourth-order valence-corrected chi connectivity index (χ4v) is 2.37. The molecule has 1 saturated carbocycles. The zero-order valence-corrected chi connectivity index (χ0v) is 11.0. The van der Waals surface area contributed by atoms with Crippen LogP contribution in [-0.2, 0) is 0 Å². The van der Waals surface area contributed by atoms with Crippen LogP contribution in [0.1, 0.15) is 39.5 Å². The summed E-state index contributed by atoms with van der Waals surface area (Å²) in [5.41, 5.74) is 0. The van der Waals surface area contributed by atoms with Gasteiger partial charge in [0.15, 0.2) is 0 Å². The van der Waals surface area contributed by atoms with E-state index >= 15 is 0 Å². The zero-order valence-electron chi connectivity index (χ0n) is 11.0. The second-order valence-electron chi connectivity index (χ2n) is 5.75. The van der Waals surface area contributed by atoms with Crippen LogP contribution in [0.2, 0.25) is 0 Å². The predicted octanol–water partition coefficient (Wildman–Crippen LogP) is 1.57. The maximum Gasteiger partial charge on any atom is 0.317 e. The average molecular weight is 239 g/mol. The van der Waals surface area contributed by atoms with E-state index in [9.17, 15) is 4.79 Å². The number of hydrogen-bond acceptors (Lipinski definition) is 2. The van der Waals surface area contributed by atoms with Crippen LogP contribution in [0.15, 0.2) is 0 Å². The summed E-state index contributed by atoms with van der Waals surface area (Å²) in [6.07, 6.45) is 5.04. The van der Waals surface area contributed by atoms with E-state index < -0.39 is 0 Å². The number of nitrogens with zero attached hydrogens (tertiary/aromatic N) is 1. The van der Waals surface area contributed by atoms with E-state index in [1.165, 1.54) is 25.7 Å². The van der Waals surface area contributed by atoms with Gasteiger partial charge in [-0.3, -0.25) is 0 Å². The van der Waals surface area contributed by atoms with Gasteiger partial charge >= 0.3 is 6.03 Å². The Balaban J connectivity index is 1.84. The van der Waals surface area contributed by atoms with Crippen molar-refractivity contribution in [3.8, 4) is 0 Å². The van der Waals surface area contributed by atoms with Gasteiger partial charge in [0.2, 0.25) is 0 Å². The standard InChI is InChI=1S/C13H25N3O/c1-10(2)15-13(17)16(8-11-5-6-11)9-12-4-3-7-14-12/h10-12,14H,3-9H2,1-2H3,(H,15,17). The summed E-state index contributed by atoms with van der Waals surface area (Å²) in [6, 6.07) is 0.841. The Morgan fingerprint density at radius 3 is 2.65 bits per heavy atom. The summed E-state index contributed by atoms with van der Waals surface area (Å²) in [6.45, 7) is 6.95. The van der Waals surface area contributed by atoms with Gasteiger partial charge in [0.05, 0.1) is 0 Å². The van der Waals surface area contributed by atoms with E-state index in [0.29, 0.717) is 6.04 Å². The van der Waals surface area contributed by atoms with E-state index in [1.54, 1.807) is 0 Å². The summed E-state index contributed by atoms with van der Waals surface area (Å²) in [7, 11) is 0. The van der Waals surface area contributed by atoms with Crippen LogP contribution in [0.4, 0.5) is 4.79 Å². The van der Waals surface area contributed by atoms with Gasteiger partial charge in [-0.05, 0) is 52.0 Å². The molecule has 0 aromatic rings. The molecule has 1 atom stereocenters. The molecule has 0 aromatic heterocycles. The highest BCUT2D eigenvalue weighted by Gasteiger charge is 2.29. The Kier molecular flexibility index (Phi) is 4.26. The molecule has 0 spiro atoms. The van der Waals surface area contributed by atoms with Crippen molar-refractivity contribution >= 4 is 6.03 Å². The maximum absolute atomic E-state index is 12.1. The van der Waals surface area contributed by atoms with Crippen LogP contribution >= 0.6 is 0 Å². The predicted molar refractivity (Wildman–Crippen MR) is 69.0 cm³/mol. The Hall–Kier alpha value is -0.770. The molecular weight excluding hydrogens is 214 g/mol. The van der Waals surface area contributed by atoms with Gasteiger partial charge in [-0.1, -0.05) is 0 Å². The van der Waals surface area contributed by atoms with E-state index in [-0.39, 0.29) is 12.1 Å². The first kappa shape index (κ1) is 12.7. The molecule has 0 aromatic carbocycles. The van der Waals surface area contributed by atoms with Gasteiger partial charge in [-0.2, -0.15) is 0 Å². The topological polar surface area (TPSA) is 44.4 Å². The first-order valence-corrected chi connectivity index (χ1v) is 6.94. The minimum absolute atomic E-state index is 0.112. The van der Waals surface area contributed by atoms with Crippen molar-refractivity contribution in [3.05, 3.63) is 0 Å². The van der Waals surface area contributed by atoms with Crippen LogP contribution in [0.25, 0.3) is 0 Å². The second kappa shape index (κ2) is 5.71. The lowest BCUT2D eigenvalue weighted by Crippen LogP contribution is -2.48. The molecule has 1 aliphatic heterocycles. The van der Waals surface area contributed by atoms with Crippen molar-refractivity contribution in [1.82, 2.24) is 15.5 Å². The Bertz CT molecular complexity index is 257.